The molecule has 0 aliphatic heterocycles. The Morgan fingerprint density at radius 1 is 1.32 bits per heavy atom. The summed E-state index contributed by atoms with van der Waals surface area (Å²) in [6.07, 6.45) is -0.938. The Bertz CT molecular complexity index is 679. The molecule has 5 nitrogen and oxygen atoms in total. The van der Waals surface area contributed by atoms with Crippen LogP contribution in [0, 0.1) is 0 Å². The molecule has 19 heavy (non-hydrogen) atoms. The van der Waals surface area contributed by atoms with Gasteiger partial charge in [0.25, 0.3) is 0 Å². The van der Waals surface area contributed by atoms with Crippen molar-refractivity contribution in [2.75, 3.05) is 0 Å². The van der Waals surface area contributed by atoms with Crippen LogP contribution in [0.4, 0.5) is 0 Å². The van der Waals surface area contributed by atoms with Gasteiger partial charge in [-0.1, -0.05) is 24.3 Å². The first-order valence-corrected chi connectivity index (χ1v) is 7.83. The standard InChI is InChI=1S/C12H13NO4S2/c13-19(16,17)10-5-11(18-7-10)12(15)9-3-1-2-8(4-9)6-14/h1-5,7,12,14-15H,6H2,(H2,13,16,17). The van der Waals surface area contributed by atoms with Crippen LogP contribution < -0.4 is 5.14 Å². The molecule has 0 fully saturated rings. The first-order chi connectivity index (χ1) is 8.91. The lowest BCUT2D eigenvalue weighted by atomic mass is 10.1. The molecule has 0 saturated carbocycles. The first kappa shape index (κ1) is 14.2. The Morgan fingerprint density at radius 3 is 2.63 bits per heavy atom. The number of nitrogens with two attached hydrogens (primary N) is 1. The fourth-order valence-electron chi connectivity index (χ4n) is 1.65. The van der Waals surface area contributed by atoms with Crippen LogP contribution in [0.15, 0.2) is 40.6 Å². The van der Waals surface area contributed by atoms with Crippen LogP contribution in [-0.2, 0) is 16.6 Å². The van der Waals surface area contributed by atoms with Crippen molar-refractivity contribution >= 4 is 21.4 Å². The summed E-state index contributed by atoms with van der Waals surface area (Å²) in [6.45, 7) is -0.118. The van der Waals surface area contributed by atoms with Crippen molar-refractivity contribution in [2.45, 2.75) is 17.6 Å². The molecule has 1 heterocycles. The molecule has 4 N–H and O–H groups in total. The van der Waals surface area contributed by atoms with Gasteiger partial charge in [0.2, 0.25) is 10.0 Å². The van der Waals surface area contributed by atoms with Crippen LogP contribution in [0.5, 0.6) is 0 Å². The predicted molar refractivity (Wildman–Crippen MR) is 72.1 cm³/mol. The lowest BCUT2D eigenvalue weighted by Crippen LogP contribution is -2.10. The zero-order chi connectivity index (χ0) is 14.0. The van der Waals surface area contributed by atoms with Gasteiger partial charge in [-0.05, 0) is 17.2 Å². The van der Waals surface area contributed by atoms with Crippen LogP contribution in [0.25, 0.3) is 0 Å². The number of hydrogen-bond donors (Lipinski definition) is 3. The summed E-state index contributed by atoms with van der Waals surface area (Å²) in [5, 5.41) is 25.6. The molecule has 7 heteroatoms. The monoisotopic (exact) mass is 299 g/mol. The van der Waals surface area contributed by atoms with Gasteiger partial charge in [0.05, 0.1) is 11.5 Å². The summed E-state index contributed by atoms with van der Waals surface area (Å²) in [4.78, 5) is 0.476. The highest BCUT2D eigenvalue weighted by atomic mass is 32.2. The summed E-state index contributed by atoms with van der Waals surface area (Å²) in [7, 11) is -3.75. The van der Waals surface area contributed by atoms with E-state index in [1.807, 2.05) is 0 Å². The second kappa shape index (κ2) is 5.40. The second-order valence-corrected chi connectivity index (χ2v) is 6.54. The van der Waals surface area contributed by atoms with E-state index in [1.165, 1.54) is 11.4 Å². The molecule has 1 atom stereocenters. The molecule has 2 rings (SSSR count). The zero-order valence-electron chi connectivity index (χ0n) is 9.85. The van der Waals surface area contributed by atoms with E-state index in [2.05, 4.69) is 0 Å². The summed E-state index contributed by atoms with van der Waals surface area (Å²) >= 11 is 1.12. The molecule has 0 bridgehead atoms. The molecule has 0 spiro atoms. The number of aliphatic hydroxyl groups excluding tert-OH is 2. The van der Waals surface area contributed by atoms with Gasteiger partial charge >= 0.3 is 0 Å². The summed E-state index contributed by atoms with van der Waals surface area (Å²) in [5.41, 5.74) is 1.27. The minimum Gasteiger partial charge on any atom is -0.392 e. The number of rotatable bonds is 4. The van der Waals surface area contributed by atoms with Gasteiger partial charge in [0.1, 0.15) is 6.10 Å². The van der Waals surface area contributed by atoms with Gasteiger partial charge in [0.15, 0.2) is 0 Å². The number of primary sulfonamides is 1. The largest absolute Gasteiger partial charge is 0.392 e. The Balaban J connectivity index is 2.33. The minimum atomic E-state index is -3.75. The summed E-state index contributed by atoms with van der Waals surface area (Å²) < 4.78 is 22.4. The van der Waals surface area contributed by atoms with Crippen molar-refractivity contribution in [3.05, 3.63) is 51.7 Å². The Morgan fingerprint density at radius 2 is 2.05 bits per heavy atom. The maximum atomic E-state index is 11.2. The third kappa shape index (κ3) is 3.20. The Labute approximate surface area is 115 Å². The van der Waals surface area contributed by atoms with E-state index < -0.39 is 16.1 Å². The lowest BCUT2D eigenvalue weighted by Gasteiger charge is -2.09. The van der Waals surface area contributed by atoms with Crippen LogP contribution >= 0.6 is 11.3 Å². The molecule has 0 radical (unpaired) electrons. The topological polar surface area (TPSA) is 101 Å². The van der Waals surface area contributed by atoms with E-state index >= 15 is 0 Å². The first-order valence-electron chi connectivity index (χ1n) is 5.41. The average Bonchev–Trinajstić information content (AvgIpc) is 2.87. The van der Waals surface area contributed by atoms with Crippen LogP contribution in [0.2, 0.25) is 0 Å². The molecule has 0 amide bonds. The maximum absolute atomic E-state index is 11.2. The van der Waals surface area contributed by atoms with E-state index in [0.29, 0.717) is 16.0 Å². The van der Waals surface area contributed by atoms with E-state index in [1.54, 1.807) is 24.3 Å². The highest BCUT2D eigenvalue weighted by molar-refractivity contribution is 7.89. The molecular weight excluding hydrogens is 286 g/mol. The summed E-state index contributed by atoms with van der Waals surface area (Å²) in [6, 6.07) is 8.19. The Hall–Kier alpha value is -1.25. The lowest BCUT2D eigenvalue weighted by molar-refractivity contribution is 0.223. The summed E-state index contributed by atoms with van der Waals surface area (Å²) in [5.74, 6) is 0. The molecule has 0 saturated heterocycles. The highest BCUT2D eigenvalue weighted by Gasteiger charge is 2.17. The molecule has 0 aliphatic rings. The number of sulfonamides is 1. The highest BCUT2D eigenvalue weighted by Crippen LogP contribution is 2.29. The molecular formula is C12H13NO4S2. The van der Waals surface area contributed by atoms with E-state index in [0.717, 1.165) is 11.3 Å². The molecule has 2 aromatic rings. The number of thiophene rings is 1. The van der Waals surface area contributed by atoms with E-state index in [4.69, 9.17) is 10.2 Å². The molecule has 1 aromatic heterocycles. The molecule has 1 unspecified atom stereocenters. The number of benzene rings is 1. The third-order valence-electron chi connectivity index (χ3n) is 2.64. The Kier molecular flexibility index (Phi) is 4.02. The van der Waals surface area contributed by atoms with Gasteiger partial charge in [-0.3, -0.25) is 0 Å². The van der Waals surface area contributed by atoms with Gasteiger partial charge in [-0.15, -0.1) is 11.3 Å². The van der Waals surface area contributed by atoms with Crippen molar-refractivity contribution < 1.29 is 18.6 Å². The van der Waals surface area contributed by atoms with E-state index in [-0.39, 0.29) is 11.5 Å². The van der Waals surface area contributed by atoms with Crippen LogP contribution in [0.1, 0.15) is 22.1 Å². The van der Waals surface area contributed by atoms with E-state index in [9.17, 15) is 13.5 Å². The van der Waals surface area contributed by atoms with Crippen molar-refractivity contribution in [2.24, 2.45) is 5.14 Å². The predicted octanol–water partition coefficient (Wildman–Crippen LogP) is 0.970. The van der Waals surface area contributed by atoms with Gasteiger partial charge in [-0.25, -0.2) is 13.6 Å². The van der Waals surface area contributed by atoms with Crippen LogP contribution in [0.3, 0.4) is 0 Å². The fraction of sp³-hybridized carbons (Fsp3) is 0.167. The number of hydrogen-bond acceptors (Lipinski definition) is 5. The van der Waals surface area contributed by atoms with Crippen molar-refractivity contribution in [3.63, 3.8) is 0 Å². The SMILES string of the molecule is NS(=O)(=O)c1csc(C(O)c2cccc(CO)c2)c1. The smallest absolute Gasteiger partial charge is 0.238 e. The van der Waals surface area contributed by atoms with Crippen molar-refractivity contribution in [3.8, 4) is 0 Å². The maximum Gasteiger partial charge on any atom is 0.238 e. The van der Waals surface area contributed by atoms with Gasteiger partial charge in [0, 0.05) is 10.3 Å². The van der Waals surface area contributed by atoms with Crippen molar-refractivity contribution in [1.29, 1.82) is 0 Å². The normalized spacial score (nSPS) is 13.4. The molecule has 102 valence electrons. The van der Waals surface area contributed by atoms with Crippen LogP contribution in [-0.4, -0.2) is 18.6 Å². The minimum absolute atomic E-state index is 0.00939. The van der Waals surface area contributed by atoms with Crippen molar-refractivity contribution in [1.82, 2.24) is 0 Å². The second-order valence-electron chi connectivity index (χ2n) is 4.04. The fourth-order valence-corrected chi connectivity index (χ4v) is 3.48. The zero-order valence-corrected chi connectivity index (χ0v) is 11.5. The molecule has 1 aromatic carbocycles. The number of aliphatic hydroxyl groups is 2. The quantitative estimate of drug-likeness (QED) is 0.783. The van der Waals surface area contributed by atoms with Gasteiger partial charge in [-0.2, -0.15) is 0 Å². The third-order valence-corrected chi connectivity index (χ3v) is 4.67. The van der Waals surface area contributed by atoms with Gasteiger partial charge < -0.3 is 10.2 Å². The average molecular weight is 299 g/mol. The molecule has 0 aliphatic carbocycles.